The predicted molar refractivity (Wildman–Crippen MR) is 56.5 cm³/mol. The minimum Gasteiger partial charge on any atom is -0.363 e. The van der Waals surface area contributed by atoms with Crippen LogP contribution in [-0.4, -0.2) is 21.8 Å². The first-order chi connectivity index (χ1) is 7.00. The number of amidine groups is 1. The van der Waals surface area contributed by atoms with Gasteiger partial charge in [0.05, 0.1) is 0 Å². The maximum absolute atomic E-state index is 9.82. The lowest BCUT2D eigenvalue weighted by Crippen LogP contribution is -2.41. The van der Waals surface area contributed by atoms with E-state index in [1.54, 1.807) is 13.8 Å². The number of aryl methyl sites for hydroxylation is 1. The van der Waals surface area contributed by atoms with E-state index in [0.717, 1.165) is 10.6 Å². The fraction of sp³-hybridized carbons (Fsp3) is 0.364. The summed E-state index contributed by atoms with van der Waals surface area (Å²) in [6, 6.07) is 7.75. The lowest BCUT2D eigenvalue weighted by atomic mass is 10.1. The number of hydrogen-bond acceptors (Lipinski definition) is 4. The minimum absolute atomic E-state index is 0.444. The third-order valence-corrected chi connectivity index (χ3v) is 2.38. The molecule has 4 heteroatoms. The number of benzene rings is 1. The molecule has 0 atom stereocenters. The van der Waals surface area contributed by atoms with Gasteiger partial charge >= 0.3 is 0 Å². The largest absolute Gasteiger partial charge is 0.363 e. The molecule has 0 radical (unpaired) electrons. The molecule has 0 unspecified atom stereocenters. The number of oxime groups is 1. The molecule has 4 nitrogen and oxygen atoms in total. The quantitative estimate of drug-likeness (QED) is 0.765. The van der Waals surface area contributed by atoms with Gasteiger partial charge in [0.1, 0.15) is 0 Å². The van der Waals surface area contributed by atoms with Crippen LogP contribution in [0.4, 0.5) is 0 Å². The van der Waals surface area contributed by atoms with E-state index in [9.17, 15) is 5.21 Å². The van der Waals surface area contributed by atoms with Gasteiger partial charge in [0, 0.05) is 5.56 Å². The zero-order valence-corrected chi connectivity index (χ0v) is 9.06. The van der Waals surface area contributed by atoms with Crippen LogP contribution in [-0.2, 0) is 4.84 Å². The summed E-state index contributed by atoms with van der Waals surface area (Å²) in [4.78, 5) is 5.11. The van der Waals surface area contributed by atoms with E-state index >= 15 is 0 Å². The van der Waals surface area contributed by atoms with Crippen LogP contribution < -0.4 is 0 Å². The van der Waals surface area contributed by atoms with E-state index in [-0.39, 0.29) is 0 Å². The van der Waals surface area contributed by atoms with E-state index in [4.69, 9.17) is 4.84 Å². The first kappa shape index (κ1) is 9.98. The van der Waals surface area contributed by atoms with Crippen molar-refractivity contribution in [3.63, 3.8) is 0 Å². The van der Waals surface area contributed by atoms with Crippen molar-refractivity contribution >= 4 is 5.84 Å². The number of hydrogen-bond donors (Lipinski definition) is 1. The highest BCUT2D eigenvalue weighted by Gasteiger charge is 2.37. The van der Waals surface area contributed by atoms with Crippen molar-refractivity contribution in [1.29, 1.82) is 0 Å². The van der Waals surface area contributed by atoms with Crippen LogP contribution in [0.2, 0.25) is 0 Å². The highest BCUT2D eigenvalue weighted by Crippen LogP contribution is 2.24. The second-order valence-electron chi connectivity index (χ2n) is 4.13. The third-order valence-electron chi connectivity index (χ3n) is 2.38. The third kappa shape index (κ3) is 1.68. The molecule has 0 bridgehead atoms. The molecule has 0 saturated carbocycles. The molecule has 1 heterocycles. The zero-order chi connectivity index (χ0) is 11.1. The van der Waals surface area contributed by atoms with Crippen molar-refractivity contribution in [2.45, 2.75) is 26.5 Å². The molecule has 0 spiro atoms. The van der Waals surface area contributed by atoms with Crippen LogP contribution in [0.3, 0.4) is 0 Å². The predicted octanol–water partition coefficient (Wildman–Crippen LogP) is 2.11. The Morgan fingerprint density at radius 1 is 1.27 bits per heavy atom. The van der Waals surface area contributed by atoms with Crippen LogP contribution in [0.1, 0.15) is 25.0 Å². The van der Waals surface area contributed by atoms with Crippen LogP contribution >= 0.6 is 0 Å². The molecule has 1 aliphatic rings. The molecular formula is C11H14N2O2. The Balaban J connectivity index is 2.30. The molecule has 80 valence electrons. The fourth-order valence-corrected chi connectivity index (χ4v) is 1.36. The minimum atomic E-state index is -0.791. The van der Waals surface area contributed by atoms with Gasteiger partial charge in [-0.15, -0.1) is 0 Å². The van der Waals surface area contributed by atoms with Gasteiger partial charge in [-0.1, -0.05) is 35.0 Å². The van der Waals surface area contributed by atoms with Crippen molar-refractivity contribution in [2.75, 3.05) is 0 Å². The van der Waals surface area contributed by atoms with Crippen molar-refractivity contribution < 1.29 is 10.0 Å². The van der Waals surface area contributed by atoms with E-state index in [2.05, 4.69) is 5.16 Å². The average Bonchev–Trinajstić information content (AvgIpc) is 2.45. The summed E-state index contributed by atoms with van der Waals surface area (Å²) >= 11 is 0. The summed E-state index contributed by atoms with van der Waals surface area (Å²) < 4.78 is 0. The van der Waals surface area contributed by atoms with Crippen LogP contribution in [0.15, 0.2) is 29.4 Å². The van der Waals surface area contributed by atoms with Crippen molar-refractivity contribution in [2.24, 2.45) is 5.16 Å². The molecule has 0 aliphatic carbocycles. The van der Waals surface area contributed by atoms with E-state index < -0.39 is 5.72 Å². The summed E-state index contributed by atoms with van der Waals surface area (Å²) in [5, 5.41) is 14.7. The summed E-state index contributed by atoms with van der Waals surface area (Å²) in [7, 11) is 0. The van der Waals surface area contributed by atoms with Gasteiger partial charge in [-0.3, -0.25) is 5.21 Å². The van der Waals surface area contributed by atoms with E-state index in [1.165, 1.54) is 5.56 Å². The van der Waals surface area contributed by atoms with Gasteiger partial charge < -0.3 is 4.84 Å². The highest BCUT2D eigenvalue weighted by molar-refractivity contribution is 5.98. The Labute approximate surface area is 88.7 Å². The van der Waals surface area contributed by atoms with Gasteiger partial charge in [-0.05, 0) is 20.8 Å². The molecule has 0 aromatic heterocycles. The van der Waals surface area contributed by atoms with Gasteiger partial charge in [0.15, 0.2) is 0 Å². The van der Waals surface area contributed by atoms with Gasteiger partial charge in [-0.2, -0.15) is 5.06 Å². The van der Waals surface area contributed by atoms with Gasteiger partial charge in [-0.25, -0.2) is 0 Å². The van der Waals surface area contributed by atoms with Crippen LogP contribution in [0.5, 0.6) is 0 Å². The second kappa shape index (κ2) is 3.24. The fourth-order valence-electron chi connectivity index (χ4n) is 1.36. The second-order valence-corrected chi connectivity index (χ2v) is 4.13. The molecule has 0 amide bonds. The smallest absolute Gasteiger partial charge is 0.228 e. The monoisotopic (exact) mass is 206 g/mol. The standard InChI is InChI=1S/C11H14N2O2/c1-8-4-6-9(7-5-8)10-12-15-11(2,3)13(10)14/h4-7,14H,1-3H3. The SMILES string of the molecule is Cc1ccc(C2=NOC(C)(C)N2O)cc1. The van der Waals surface area contributed by atoms with E-state index in [0.29, 0.717) is 5.84 Å². The lowest BCUT2D eigenvalue weighted by Gasteiger charge is -2.24. The normalized spacial score (nSPS) is 18.7. The molecule has 1 aromatic rings. The Morgan fingerprint density at radius 3 is 2.33 bits per heavy atom. The Hall–Kier alpha value is -1.55. The van der Waals surface area contributed by atoms with Crippen molar-refractivity contribution in [3.05, 3.63) is 35.4 Å². The molecule has 1 N–H and O–H groups in total. The first-order valence-corrected chi connectivity index (χ1v) is 4.83. The maximum Gasteiger partial charge on any atom is 0.228 e. The highest BCUT2D eigenvalue weighted by atomic mass is 16.7. The number of nitrogens with zero attached hydrogens (tertiary/aromatic N) is 2. The van der Waals surface area contributed by atoms with Gasteiger partial charge in [0.25, 0.3) is 0 Å². The lowest BCUT2D eigenvalue weighted by molar-refractivity contribution is -0.193. The molecule has 0 fully saturated rings. The molecular weight excluding hydrogens is 192 g/mol. The average molecular weight is 206 g/mol. The number of hydroxylamine groups is 2. The first-order valence-electron chi connectivity index (χ1n) is 4.83. The van der Waals surface area contributed by atoms with Gasteiger partial charge in [0.2, 0.25) is 11.6 Å². The molecule has 0 saturated heterocycles. The topological polar surface area (TPSA) is 45.1 Å². The summed E-state index contributed by atoms with van der Waals surface area (Å²) in [5.41, 5.74) is 1.22. The van der Waals surface area contributed by atoms with Crippen molar-refractivity contribution in [1.82, 2.24) is 5.06 Å². The summed E-state index contributed by atoms with van der Waals surface area (Å²) in [5.74, 6) is 0.444. The molecule has 2 rings (SSSR count). The summed E-state index contributed by atoms with van der Waals surface area (Å²) in [6.07, 6.45) is 0. The Morgan fingerprint density at radius 2 is 1.87 bits per heavy atom. The molecule has 15 heavy (non-hydrogen) atoms. The van der Waals surface area contributed by atoms with Crippen LogP contribution in [0, 0.1) is 6.92 Å². The number of rotatable bonds is 1. The molecule has 1 aliphatic heterocycles. The Bertz CT molecular complexity index is 396. The van der Waals surface area contributed by atoms with Crippen molar-refractivity contribution in [3.8, 4) is 0 Å². The zero-order valence-electron chi connectivity index (χ0n) is 9.06. The Kier molecular flexibility index (Phi) is 2.16. The molecule has 1 aromatic carbocycles. The maximum atomic E-state index is 9.82. The van der Waals surface area contributed by atoms with E-state index in [1.807, 2.05) is 31.2 Å². The van der Waals surface area contributed by atoms with Crippen LogP contribution in [0.25, 0.3) is 0 Å². The summed E-state index contributed by atoms with van der Waals surface area (Å²) in [6.45, 7) is 5.51.